The van der Waals surface area contributed by atoms with Crippen LogP contribution in [0.25, 0.3) is 0 Å². The minimum absolute atomic E-state index is 0.150. The third kappa shape index (κ3) is 4.63. The smallest absolute Gasteiger partial charge is 0.331 e. The molecule has 0 fully saturated rings. The first-order valence-electron chi connectivity index (χ1n) is 9.00. The predicted molar refractivity (Wildman–Crippen MR) is 103 cm³/mol. The summed E-state index contributed by atoms with van der Waals surface area (Å²) >= 11 is 0. The van der Waals surface area contributed by atoms with Crippen LogP contribution in [0.2, 0.25) is 0 Å². The average Bonchev–Trinajstić information content (AvgIpc) is 2.58. The summed E-state index contributed by atoms with van der Waals surface area (Å²) < 4.78 is 0. The highest BCUT2D eigenvalue weighted by molar-refractivity contribution is 6.24. The van der Waals surface area contributed by atoms with Crippen molar-refractivity contribution in [1.82, 2.24) is 0 Å². The fraction of sp³-hybridized carbons (Fsp3) is 0.500. The normalized spacial score (nSPS) is 15.7. The summed E-state index contributed by atoms with van der Waals surface area (Å²) in [5.74, 6) is -5.38. The molecule has 0 heterocycles. The van der Waals surface area contributed by atoms with Gasteiger partial charge < -0.3 is 21.7 Å². The van der Waals surface area contributed by atoms with Crippen molar-refractivity contribution in [3.63, 3.8) is 0 Å². The molecule has 0 aliphatic heterocycles. The molecule has 0 radical (unpaired) electrons. The van der Waals surface area contributed by atoms with Crippen LogP contribution in [0, 0.1) is 11.8 Å². The van der Waals surface area contributed by atoms with Crippen LogP contribution in [0.3, 0.4) is 0 Å². The van der Waals surface area contributed by atoms with Gasteiger partial charge in [-0.25, -0.2) is 9.59 Å². The number of carbonyl (C=O) groups excluding carboxylic acids is 2. The molecular formula is C20H28N2O6. The molecule has 2 atom stereocenters. The molecule has 0 bridgehead atoms. The number of carbonyl (C=O) groups is 4. The molecular weight excluding hydrogens is 364 g/mol. The second-order valence-electron chi connectivity index (χ2n) is 7.95. The van der Waals surface area contributed by atoms with Crippen LogP contribution in [0.4, 0.5) is 0 Å². The van der Waals surface area contributed by atoms with E-state index in [1.165, 1.54) is 24.3 Å². The minimum atomic E-state index is -2.25. The van der Waals surface area contributed by atoms with Crippen molar-refractivity contribution in [3.8, 4) is 0 Å². The van der Waals surface area contributed by atoms with Crippen molar-refractivity contribution < 1.29 is 29.4 Å². The number of Topliss-reactive ketones (excluding diaryl/α,β-unsaturated/α-hetero) is 2. The maximum absolute atomic E-state index is 13.0. The maximum atomic E-state index is 13.0. The Morgan fingerprint density at radius 2 is 1.07 bits per heavy atom. The maximum Gasteiger partial charge on any atom is 0.331 e. The fourth-order valence-electron chi connectivity index (χ4n) is 3.20. The van der Waals surface area contributed by atoms with Crippen LogP contribution in [0.15, 0.2) is 24.3 Å². The number of hydrogen-bond acceptors (Lipinski definition) is 6. The summed E-state index contributed by atoms with van der Waals surface area (Å²) in [6.07, 6.45) is -0.301. The molecule has 0 aliphatic carbocycles. The first-order chi connectivity index (χ1) is 12.8. The van der Waals surface area contributed by atoms with E-state index in [0.717, 1.165) is 0 Å². The SMILES string of the molecule is CC(C)C[C@](N)(C(=O)O)C(=O)c1ccccc1C(=O)[C@](N)(CC(C)C)C(=O)O. The van der Waals surface area contributed by atoms with Crippen LogP contribution in [0.1, 0.15) is 61.3 Å². The number of carboxylic acids is 2. The molecule has 1 aromatic rings. The Bertz CT molecular complexity index is 724. The monoisotopic (exact) mass is 392 g/mol. The molecule has 1 rings (SSSR count). The van der Waals surface area contributed by atoms with Crippen molar-refractivity contribution in [2.24, 2.45) is 23.3 Å². The molecule has 0 saturated heterocycles. The van der Waals surface area contributed by atoms with Crippen molar-refractivity contribution in [2.45, 2.75) is 51.6 Å². The van der Waals surface area contributed by atoms with Crippen LogP contribution in [-0.2, 0) is 9.59 Å². The predicted octanol–water partition coefficient (Wildman–Crippen LogP) is 1.71. The van der Waals surface area contributed by atoms with Gasteiger partial charge in [-0.1, -0.05) is 52.0 Å². The van der Waals surface area contributed by atoms with E-state index in [1.54, 1.807) is 27.7 Å². The molecule has 154 valence electrons. The molecule has 0 amide bonds. The van der Waals surface area contributed by atoms with E-state index in [-0.39, 0.29) is 35.8 Å². The van der Waals surface area contributed by atoms with E-state index in [9.17, 15) is 29.4 Å². The van der Waals surface area contributed by atoms with Gasteiger partial charge in [-0.05, 0) is 24.7 Å². The number of ketones is 2. The molecule has 8 nitrogen and oxygen atoms in total. The molecule has 28 heavy (non-hydrogen) atoms. The highest BCUT2D eigenvalue weighted by Gasteiger charge is 2.47. The zero-order valence-corrected chi connectivity index (χ0v) is 16.6. The average molecular weight is 392 g/mol. The van der Waals surface area contributed by atoms with Gasteiger partial charge in [-0.2, -0.15) is 0 Å². The standard InChI is InChI=1S/C20H28N2O6/c1-11(2)9-19(21,17(25)26)15(23)13-7-5-6-8-14(13)16(24)20(22,18(27)28)10-12(3)4/h5-8,11-12H,9-10,21-22H2,1-4H3,(H,25,26)(H,27,28)/t19-,20-/m1/s1. The second-order valence-corrected chi connectivity index (χ2v) is 7.95. The Balaban J connectivity index is 3.55. The Kier molecular flexibility index (Phi) is 7.22. The van der Waals surface area contributed by atoms with Gasteiger partial charge in [-0.3, -0.25) is 9.59 Å². The lowest BCUT2D eigenvalue weighted by Gasteiger charge is -2.28. The third-order valence-corrected chi connectivity index (χ3v) is 4.45. The van der Waals surface area contributed by atoms with Crippen molar-refractivity contribution >= 4 is 23.5 Å². The molecule has 0 aromatic heterocycles. The largest absolute Gasteiger partial charge is 0.480 e. The highest BCUT2D eigenvalue weighted by Crippen LogP contribution is 2.27. The van der Waals surface area contributed by atoms with Crippen molar-refractivity contribution in [2.75, 3.05) is 0 Å². The molecule has 0 spiro atoms. The lowest BCUT2D eigenvalue weighted by Crippen LogP contribution is -2.58. The summed E-state index contributed by atoms with van der Waals surface area (Å²) in [6.45, 7) is 6.86. The highest BCUT2D eigenvalue weighted by atomic mass is 16.4. The summed E-state index contributed by atoms with van der Waals surface area (Å²) in [4.78, 5) is 49.6. The molecule has 0 aliphatic rings. The van der Waals surface area contributed by atoms with E-state index >= 15 is 0 Å². The summed E-state index contributed by atoms with van der Waals surface area (Å²) in [5, 5.41) is 19.1. The molecule has 8 heteroatoms. The fourth-order valence-corrected chi connectivity index (χ4v) is 3.20. The quantitative estimate of drug-likeness (QED) is 0.345. The Morgan fingerprint density at radius 3 is 1.29 bits per heavy atom. The van der Waals surface area contributed by atoms with Gasteiger partial charge in [0, 0.05) is 11.1 Å². The second kappa shape index (κ2) is 8.62. The zero-order chi connectivity index (χ0) is 21.9. The minimum Gasteiger partial charge on any atom is -0.480 e. The number of hydrogen-bond donors (Lipinski definition) is 4. The van der Waals surface area contributed by atoms with Gasteiger partial charge in [0.1, 0.15) is 0 Å². The number of benzene rings is 1. The molecule has 0 unspecified atom stereocenters. The first-order valence-corrected chi connectivity index (χ1v) is 9.00. The summed E-state index contributed by atoms with van der Waals surface area (Å²) in [7, 11) is 0. The number of carboxylic acid groups (broad SMARTS) is 2. The number of aliphatic carboxylic acids is 2. The van der Waals surface area contributed by atoms with E-state index in [4.69, 9.17) is 11.5 Å². The third-order valence-electron chi connectivity index (χ3n) is 4.45. The van der Waals surface area contributed by atoms with Gasteiger partial charge in [0.25, 0.3) is 0 Å². The summed E-state index contributed by atoms with van der Waals surface area (Å²) in [5.41, 5.74) is 6.86. The Morgan fingerprint density at radius 1 is 0.786 bits per heavy atom. The molecule has 1 aromatic carbocycles. The van der Waals surface area contributed by atoms with Crippen LogP contribution in [-0.4, -0.2) is 44.8 Å². The lowest BCUT2D eigenvalue weighted by atomic mass is 9.77. The number of rotatable bonds is 10. The van der Waals surface area contributed by atoms with Crippen LogP contribution in [0.5, 0.6) is 0 Å². The van der Waals surface area contributed by atoms with E-state index in [1.807, 2.05) is 0 Å². The topological polar surface area (TPSA) is 161 Å². The van der Waals surface area contributed by atoms with Gasteiger partial charge in [-0.15, -0.1) is 0 Å². The van der Waals surface area contributed by atoms with E-state index in [2.05, 4.69) is 0 Å². The zero-order valence-electron chi connectivity index (χ0n) is 16.6. The van der Waals surface area contributed by atoms with Crippen LogP contribution < -0.4 is 11.5 Å². The van der Waals surface area contributed by atoms with Gasteiger partial charge >= 0.3 is 11.9 Å². The van der Waals surface area contributed by atoms with Gasteiger partial charge in [0.05, 0.1) is 0 Å². The van der Waals surface area contributed by atoms with Gasteiger partial charge in [0.15, 0.2) is 22.6 Å². The summed E-state index contributed by atoms with van der Waals surface area (Å²) in [6, 6.07) is 5.42. The molecule has 6 N–H and O–H groups in total. The molecule has 0 saturated carbocycles. The number of nitrogens with two attached hydrogens (primary N) is 2. The Labute approximate surface area is 163 Å². The van der Waals surface area contributed by atoms with Crippen LogP contribution >= 0.6 is 0 Å². The van der Waals surface area contributed by atoms with Gasteiger partial charge in [0.2, 0.25) is 0 Å². The van der Waals surface area contributed by atoms with E-state index in [0.29, 0.717) is 0 Å². The lowest BCUT2D eigenvalue weighted by molar-refractivity contribution is -0.143. The first kappa shape index (κ1) is 23.5. The Hall–Kier alpha value is -2.58. The van der Waals surface area contributed by atoms with E-state index < -0.39 is 34.6 Å². The van der Waals surface area contributed by atoms with Crippen molar-refractivity contribution in [3.05, 3.63) is 35.4 Å². The van der Waals surface area contributed by atoms with Crippen molar-refractivity contribution in [1.29, 1.82) is 0 Å².